The Hall–Kier alpha value is -0.800. The first kappa shape index (κ1) is 14.3. The molecule has 0 saturated carbocycles. The molecule has 0 aromatic carbocycles. The van der Waals surface area contributed by atoms with Gasteiger partial charge in [-0.15, -0.1) is 0 Å². The van der Waals surface area contributed by atoms with E-state index in [1.807, 2.05) is 12.1 Å². The summed E-state index contributed by atoms with van der Waals surface area (Å²) in [6.45, 7) is 9.62. The zero-order valence-corrected chi connectivity index (χ0v) is 11.4. The van der Waals surface area contributed by atoms with Gasteiger partial charge < -0.3 is 10.2 Å². The molecule has 1 heterocycles. The fraction of sp³-hybridized carbons (Fsp3) is 0.714. The normalized spacial score (nSPS) is 13.5. The van der Waals surface area contributed by atoms with Gasteiger partial charge in [0.25, 0.3) is 0 Å². The fourth-order valence-corrected chi connectivity index (χ4v) is 1.87. The Kier molecular flexibility index (Phi) is 6.30. The van der Waals surface area contributed by atoms with E-state index in [9.17, 15) is 0 Å². The SMILES string of the molecule is CCCN(CC[C@H](N)C(C)C)Cc1ccco1. The lowest BCUT2D eigenvalue weighted by atomic mass is 10.0. The minimum Gasteiger partial charge on any atom is -0.468 e. The molecule has 3 nitrogen and oxygen atoms in total. The van der Waals surface area contributed by atoms with Gasteiger partial charge in [-0.3, -0.25) is 4.90 Å². The molecule has 98 valence electrons. The zero-order valence-electron chi connectivity index (χ0n) is 11.4. The number of hydrogen-bond acceptors (Lipinski definition) is 3. The molecule has 0 bridgehead atoms. The molecule has 1 rings (SSSR count). The van der Waals surface area contributed by atoms with Crippen LogP contribution in [0, 0.1) is 5.92 Å². The van der Waals surface area contributed by atoms with E-state index in [0.717, 1.165) is 38.2 Å². The molecule has 0 aliphatic rings. The molecule has 0 fully saturated rings. The number of furan rings is 1. The quantitative estimate of drug-likeness (QED) is 0.757. The highest BCUT2D eigenvalue weighted by atomic mass is 16.3. The number of nitrogens with zero attached hydrogens (tertiary/aromatic N) is 1. The van der Waals surface area contributed by atoms with Crippen LogP contribution < -0.4 is 5.73 Å². The summed E-state index contributed by atoms with van der Waals surface area (Å²) in [6, 6.07) is 4.27. The third kappa shape index (κ3) is 5.37. The third-order valence-electron chi connectivity index (χ3n) is 3.13. The van der Waals surface area contributed by atoms with Crippen LogP contribution in [0.2, 0.25) is 0 Å². The highest BCUT2D eigenvalue weighted by molar-refractivity contribution is 4.97. The van der Waals surface area contributed by atoms with Crippen molar-refractivity contribution in [1.82, 2.24) is 4.90 Å². The van der Waals surface area contributed by atoms with E-state index < -0.39 is 0 Å². The van der Waals surface area contributed by atoms with Gasteiger partial charge in [0.2, 0.25) is 0 Å². The molecule has 0 aliphatic carbocycles. The first-order valence-corrected chi connectivity index (χ1v) is 6.63. The standard InChI is InChI=1S/C14H26N2O/c1-4-8-16(9-7-14(15)12(2)3)11-13-6-5-10-17-13/h5-6,10,12,14H,4,7-9,11,15H2,1-3H3/t14-/m0/s1. The maximum atomic E-state index is 6.08. The van der Waals surface area contributed by atoms with Crippen LogP contribution in [0.25, 0.3) is 0 Å². The molecule has 2 N–H and O–H groups in total. The average molecular weight is 238 g/mol. The molecular formula is C14H26N2O. The molecular weight excluding hydrogens is 212 g/mol. The van der Waals surface area contributed by atoms with Crippen molar-refractivity contribution in [3.8, 4) is 0 Å². The smallest absolute Gasteiger partial charge is 0.117 e. The Morgan fingerprint density at radius 3 is 2.65 bits per heavy atom. The van der Waals surface area contributed by atoms with E-state index in [0.29, 0.717) is 12.0 Å². The fourth-order valence-electron chi connectivity index (χ4n) is 1.87. The van der Waals surface area contributed by atoms with E-state index in [1.54, 1.807) is 6.26 Å². The van der Waals surface area contributed by atoms with Gasteiger partial charge in [-0.25, -0.2) is 0 Å². The van der Waals surface area contributed by atoms with Gasteiger partial charge in [0.15, 0.2) is 0 Å². The van der Waals surface area contributed by atoms with Crippen LogP contribution in [-0.2, 0) is 6.54 Å². The summed E-state index contributed by atoms with van der Waals surface area (Å²) in [7, 11) is 0. The van der Waals surface area contributed by atoms with Gasteiger partial charge in [0, 0.05) is 12.6 Å². The first-order valence-electron chi connectivity index (χ1n) is 6.63. The van der Waals surface area contributed by atoms with Crippen molar-refractivity contribution < 1.29 is 4.42 Å². The Balaban J connectivity index is 2.38. The second-order valence-corrected chi connectivity index (χ2v) is 5.05. The van der Waals surface area contributed by atoms with Gasteiger partial charge in [-0.1, -0.05) is 20.8 Å². The van der Waals surface area contributed by atoms with E-state index in [-0.39, 0.29) is 0 Å². The number of rotatable bonds is 8. The van der Waals surface area contributed by atoms with Crippen LogP contribution in [-0.4, -0.2) is 24.0 Å². The number of nitrogens with two attached hydrogens (primary N) is 1. The van der Waals surface area contributed by atoms with Crippen LogP contribution in [0.1, 0.15) is 39.4 Å². The Morgan fingerprint density at radius 1 is 1.35 bits per heavy atom. The summed E-state index contributed by atoms with van der Waals surface area (Å²) in [5, 5.41) is 0. The first-order chi connectivity index (χ1) is 8.13. The Bertz CT molecular complexity index is 282. The molecule has 0 unspecified atom stereocenters. The molecule has 1 aromatic heterocycles. The van der Waals surface area contributed by atoms with Crippen LogP contribution in [0.3, 0.4) is 0 Å². The zero-order chi connectivity index (χ0) is 12.7. The molecule has 0 spiro atoms. The van der Waals surface area contributed by atoms with Crippen LogP contribution in [0.4, 0.5) is 0 Å². The van der Waals surface area contributed by atoms with Crippen LogP contribution in [0.15, 0.2) is 22.8 Å². The Morgan fingerprint density at radius 2 is 2.12 bits per heavy atom. The minimum absolute atomic E-state index is 0.297. The van der Waals surface area contributed by atoms with Crippen LogP contribution >= 0.6 is 0 Å². The molecule has 0 radical (unpaired) electrons. The molecule has 1 atom stereocenters. The summed E-state index contributed by atoms with van der Waals surface area (Å²) in [4.78, 5) is 2.42. The van der Waals surface area contributed by atoms with Crippen molar-refractivity contribution >= 4 is 0 Å². The maximum Gasteiger partial charge on any atom is 0.117 e. The van der Waals surface area contributed by atoms with Crippen molar-refractivity contribution in [3.05, 3.63) is 24.2 Å². The summed E-state index contributed by atoms with van der Waals surface area (Å²) in [6.07, 6.45) is 3.95. The highest BCUT2D eigenvalue weighted by Gasteiger charge is 2.11. The second kappa shape index (κ2) is 7.51. The van der Waals surface area contributed by atoms with Crippen molar-refractivity contribution in [2.45, 2.75) is 46.2 Å². The topological polar surface area (TPSA) is 42.4 Å². The van der Waals surface area contributed by atoms with E-state index in [1.165, 1.54) is 0 Å². The predicted octanol–water partition coefficient (Wildman–Crippen LogP) is 2.87. The third-order valence-corrected chi connectivity index (χ3v) is 3.13. The lowest BCUT2D eigenvalue weighted by Crippen LogP contribution is -2.33. The minimum atomic E-state index is 0.297. The van der Waals surface area contributed by atoms with Crippen molar-refractivity contribution in [2.24, 2.45) is 11.7 Å². The highest BCUT2D eigenvalue weighted by Crippen LogP contribution is 2.09. The summed E-state index contributed by atoms with van der Waals surface area (Å²) < 4.78 is 5.39. The molecule has 17 heavy (non-hydrogen) atoms. The van der Waals surface area contributed by atoms with Gasteiger partial charge >= 0.3 is 0 Å². The van der Waals surface area contributed by atoms with E-state index in [2.05, 4.69) is 25.7 Å². The largest absolute Gasteiger partial charge is 0.468 e. The monoisotopic (exact) mass is 238 g/mol. The maximum absolute atomic E-state index is 6.08. The van der Waals surface area contributed by atoms with Crippen molar-refractivity contribution in [2.75, 3.05) is 13.1 Å². The molecule has 0 amide bonds. The van der Waals surface area contributed by atoms with Crippen molar-refractivity contribution in [3.63, 3.8) is 0 Å². The summed E-state index contributed by atoms with van der Waals surface area (Å²) in [5.74, 6) is 1.60. The second-order valence-electron chi connectivity index (χ2n) is 5.05. The Labute approximate surface area is 105 Å². The molecule has 1 aromatic rings. The van der Waals surface area contributed by atoms with Crippen molar-refractivity contribution in [1.29, 1.82) is 0 Å². The molecule has 3 heteroatoms. The van der Waals surface area contributed by atoms with Gasteiger partial charge in [-0.2, -0.15) is 0 Å². The summed E-state index contributed by atoms with van der Waals surface area (Å²) in [5.41, 5.74) is 6.08. The molecule has 0 aliphatic heterocycles. The number of hydrogen-bond donors (Lipinski definition) is 1. The van der Waals surface area contributed by atoms with Gasteiger partial charge in [0.05, 0.1) is 12.8 Å². The van der Waals surface area contributed by atoms with Crippen LogP contribution in [0.5, 0.6) is 0 Å². The molecule has 0 saturated heterocycles. The average Bonchev–Trinajstić information content (AvgIpc) is 2.78. The van der Waals surface area contributed by atoms with Gasteiger partial charge in [-0.05, 0) is 37.4 Å². The lowest BCUT2D eigenvalue weighted by molar-refractivity contribution is 0.229. The van der Waals surface area contributed by atoms with Gasteiger partial charge in [0.1, 0.15) is 5.76 Å². The lowest BCUT2D eigenvalue weighted by Gasteiger charge is -2.23. The predicted molar refractivity (Wildman–Crippen MR) is 71.7 cm³/mol. The van der Waals surface area contributed by atoms with E-state index in [4.69, 9.17) is 10.2 Å². The van der Waals surface area contributed by atoms with E-state index >= 15 is 0 Å². The summed E-state index contributed by atoms with van der Waals surface area (Å²) >= 11 is 0.